The van der Waals surface area contributed by atoms with Crippen molar-refractivity contribution in [2.24, 2.45) is 5.92 Å². The third kappa shape index (κ3) is 4.39. The highest BCUT2D eigenvalue weighted by Crippen LogP contribution is 2.12. The summed E-state index contributed by atoms with van der Waals surface area (Å²) < 4.78 is 5.02. The molecular formula is C10H15NO6. The van der Waals surface area contributed by atoms with Gasteiger partial charge in [0.2, 0.25) is 5.91 Å². The molecule has 0 saturated carbocycles. The fourth-order valence-corrected chi connectivity index (χ4v) is 1.56. The number of amides is 1. The molecule has 1 heterocycles. The van der Waals surface area contributed by atoms with Crippen molar-refractivity contribution in [2.45, 2.75) is 25.3 Å². The Morgan fingerprint density at radius 1 is 1.35 bits per heavy atom. The lowest BCUT2D eigenvalue weighted by Crippen LogP contribution is -2.44. The van der Waals surface area contributed by atoms with Crippen LogP contribution in [0.4, 0.5) is 0 Å². The van der Waals surface area contributed by atoms with Crippen molar-refractivity contribution in [1.29, 1.82) is 0 Å². The van der Waals surface area contributed by atoms with E-state index in [0.717, 1.165) is 0 Å². The van der Waals surface area contributed by atoms with Crippen LogP contribution < -0.4 is 5.32 Å². The molecule has 0 bridgehead atoms. The molecule has 0 aliphatic carbocycles. The topological polar surface area (TPSA) is 113 Å². The number of aliphatic carboxylic acids is 2. The molecule has 2 atom stereocenters. The van der Waals surface area contributed by atoms with Crippen LogP contribution >= 0.6 is 0 Å². The summed E-state index contributed by atoms with van der Waals surface area (Å²) in [7, 11) is 0. The molecule has 7 heteroatoms. The van der Waals surface area contributed by atoms with Crippen molar-refractivity contribution >= 4 is 17.8 Å². The Balaban J connectivity index is 2.44. The number of rotatable bonds is 6. The molecule has 1 saturated heterocycles. The van der Waals surface area contributed by atoms with Gasteiger partial charge in [-0.15, -0.1) is 0 Å². The predicted octanol–water partition coefficient (Wildman–Crippen LogP) is -0.543. The normalized spacial score (nSPS) is 20.8. The second-order valence-corrected chi connectivity index (χ2v) is 3.89. The summed E-state index contributed by atoms with van der Waals surface area (Å²) in [5.41, 5.74) is 0. The van der Waals surface area contributed by atoms with E-state index in [1.807, 2.05) is 0 Å². The maximum Gasteiger partial charge on any atom is 0.326 e. The van der Waals surface area contributed by atoms with Gasteiger partial charge in [-0.3, -0.25) is 9.59 Å². The van der Waals surface area contributed by atoms with Gasteiger partial charge in [0.25, 0.3) is 0 Å². The molecule has 0 radical (unpaired) electrons. The fraction of sp³-hybridized carbons (Fsp3) is 0.700. The van der Waals surface area contributed by atoms with Gasteiger partial charge in [0.15, 0.2) is 0 Å². The maximum atomic E-state index is 11.6. The van der Waals surface area contributed by atoms with Gasteiger partial charge >= 0.3 is 11.9 Å². The summed E-state index contributed by atoms with van der Waals surface area (Å²) in [6.07, 6.45) is 0.152. The Morgan fingerprint density at radius 2 is 2.06 bits per heavy atom. The summed E-state index contributed by atoms with van der Waals surface area (Å²) >= 11 is 0. The largest absolute Gasteiger partial charge is 0.481 e. The number of carboxylic acid groups (broad SMARTS) is 2. The van der Waals surface area contributed by atoms with Gasteiger partial charge in [-0.2, -0.15) is 0 Å². The Morgan fingerprint density at radius 3 is 2.53 bits per heavy atom. The van der Waals surface area contributed by atoms with Crippen LogP contribution in [0.5, 0.6) is 0 Å². The highest BCUT2D eigenvalue weighted by Gasteiger charge is 2.28. The number of hydrogen-bond acceptors (Lipinski definition) is 4. The van der Waals surface area contributed by atoms with E-state index in [1.165, 1.54) is 0 Å². The summed E-state index contributed by atoms with van der Waals surface area (Å²) in [6, 6.07) is -1.15. The van der Waals surface area contributed by atoms with Gasteiger partial charge in [0.1, 0.15) is 6.04 Å². The highest BCUT2D eigenvalue weighted by atomic mass is 16.5. The van der Waals surface area contributed by atoms with Crippen LogP contribution in [-0.2, 0) is 19.1 Å². The lowest BCUT2D eigenvalue weighted by atomic mass is 10.1. The summed E-state index contributed by atoms with van der Waals surface area (Å²) in [5.74, 6) is -3.03. The lowest BCUT2D eigenvalue weighted by molar-refractivity contribution is -0.143. The van der Waals surface area contributed by atoms with E-state index in [2.05, 4.69) is 5.32 Å². The first kappa shape index (κ1) is 13.4. The molecule has 96 valence electrons. The fourth-order valence-electron chi connectivity index (χ4n) is 1.56. The zero-order chi connectivity index (χ0) is 12.8. The molecule has 1 aliphatic heterocycles. The average Bonchev–Trinajstić information content (AvgIpc) is 2.76. The van der Waals surface area contributed by atoms with Crippen LogP contribution in [0.25, 0.3) is 0 Å². The summed E-state index contributed by atoms with van der Waals surface area (Å²) in [4.78, 5) is 32.8. The minimum absolute atomic E-state index is 0.121. The van der Waals surface area contributed by atoms with Crippen molar-refractivity contribution in [3.05, 3.63) is 0 Å². The van der Waals surface area contributed by atoms with E-state index in [9.17, 15) is 14.4 Å². The molecule has 3 N–H and O–H groups in total. The van der Waals surface area contributed by atoms with E-state index < -0.39 is 18.0 Å². The smallest absolute Gasteiger partial charge is 0.326 e. The van der Waals surface area contributed by atoms with Crippen molar-refractivity contribution in [1.82, 2.24) is 5.32 Å². The molecule has 0 spiro atoms. The van der Waals surface area contributed by atoms with E-state index in [-0.39, 0.29) is 31.3 Å². The molecule has 1 rings (SSSR count). The van der Waals surface area contributed by atoms with Crippen molar-refractivity contribution < 1.29 is 29.3 Å². The summed E-state index contributed by atoms with van der Waals surface area (Å²) in [6.45, 7) is 0.780. The van der Waals surface area contributed by atoms with Gasteiger partial charge < -0.3 is 20.3 Å². The van der Waals surface area contributed by atoms with Crippen LogP contribution in [0, 0.1) is 5.92 Å². The van der Waals surface area contributed by atoms with Gasteiger partial charge in [0, 0.05) is 13.0 Å². The molecule has 1 aliphatic rings. The molecule has 0 aromatic rings. The van der Waals surface area contributed by atoms with Crippen molar-refractivity contribution in [3.63, 3.8) is 0 Å². The molecular weight excluding hydrogens is 230 g/mol. The standard InChI is InChI=1S/C10H15NO6/c12-8(13)2-1-7(10(15)16)11-9(14)6-3-4-17-5-6/h6-7H,1-5H2,(H,11,14)(H,12,13)(H,15,16). The Kier molecular flexibility index (Phi) is 4.89. The minimum atomic E-state index is -1.22. The number of carbonyl (C=O) groups excluding carboxylic acids is 1. The van der Waals surface area contributed by atoms with Gasteiger partial charge in [0.05, 0.1) is 12.5 Å². The maximum absolute atomic E-state index is 11.6. The quantitative estimate of drug-likeness (QED) is 0.579. The molecule has 17 heavy (non-hydrogen) atoms. The number of carboxylic acids is 2. The molecule has 1 amide bonds. The third-order valence-corrected chi connectivity index (χ3v) is 2.56. The number of hydrogen-bond donors (Lipinski definition) is 3. The molecule has 0 aromatic heterocycles. The number of ether oxygens (including phenoxy) is 1. The second kappa shape index (κ2) is 6.19. The zero-order valence-electron chi connectivity index (χ0n) is 9.22. The van der Waals surface area contributed by atoms with Gasteiger partial charge in [-0.05, 0) is 12.8 Å². The number of nitrogens with one attached hydrogen (secondary N) is 1. The highest BCUT2D eigenvalue weighted by molar-refractivity contribution is 5.85. The number of carbonyl (C=O) groups is 3. The Labute approximate surface area is 97.8 Å². The Hall–Kier alpha value is -1.63. The SMILES string of the molecule is O=C(O)CCC(NC(=O)C1CCOC1)C(=O)O. The van der Waals surface area contributed by atoms with Crippen LogP contribution in [0.15, 0.2) is 0 Å². The van der Waals surface area contributed by atoms with Crippen LogP contribution in [0.3, 0.4) is 0 Å². The van der Waals surface area contributed by atoms with Crippen LogP contribution in [0.1, 0.15) is 19.3 Å². The van der Waals surface area contributed by atoms with Crippen molar-refractivity contribution in [2.75, 3.05) is 13.2 Å². The van der Waals surface area contributed by atoms with Gasteiger partial charge in [-0.25, -0.2) is 4.79 Å². The first-order valence-corrected chi connectivity index (χ1v) is 5.33. The van der Waals surface area contributed by atoms with E-state index >= 15 is 0 Å². The summed E-state index contributed by atoms with van der Waals surface area (Å²) in [5, 5.41) is 19.6. The lowest BCUT2D eigenvalue weighted by Gasteiger charge is -2.15. The first-order valence-electron chi connectivity index (χ1n) is 5.33. The third-order valence-electron chi connectivity index (χ3n) is 2.56. The molecule has 2 unspecified atom stereocenters. The molecule has 7 nitrogen and oxygen atoms in total. The predicted molar refractivity (Wildman–Crippen MR) is 55.4 cm³/mol. The van der Waals surface area contributed by atoms with Gasteiger partial charge in [-0.1, -0.05) is 0 Å². The van der Waals surface area contributed by atoms with E-state index in [0.29, 0.717) is 13.0 Å². The molecule has 0 aromatic carbocycles. The molecule has 1 fully saturated rings. The zero-order valence-corrected chi connectivity index (χ0v) is 9.22. The minimum Gasteiger partial charge on any atom is -0.481 e. The monoisotopic (exact) mass is 245 g/mol. The average molecular weight is 245 g/mol. The van der Waals surface area contributed by atoms with E-state index in [1.54, 1.807) is 0 Å². The van der Waals surface area contributed by atoms with E-state index in [4.69, 9.17) is 14.9 Å². The van der Waals surface area contributed by atoms with Crippen LogP contribution in [0.2, 0.25) is 0 Å². The van der Waals surface area contributed by atoms with Crippen LogP contribution in [-0.4, -0.2) is 47.3 Å². The first-order chi connectivity index (χ1) is 8.00. The van der Waals surface area contributed by atoms with Crippen molar-refractivity contribution in [3.8, 4) is 0 Å². The Bertz CT molecular complexity index is 310. The second-order valence-electron chi connectivity index (χ2n) is 3.89.